The number of benzene rings is 2. The van der Waals surface area contributed by atoms with Gasteiger partial charge in [0.05, 0.1) is 11.2 Å². The number of imidazole rings is 1. The third-order valence-corrected chi connectivity index (χ3v) is 6.94. The number of H-pyrrole nitrogens is 1. The van der Waals surface area contributed by atoms with Crippen LogP contribution in [0.25, 0.3) is 38.9 Å². The van der Waals surface area contributed by atoms with E-state index in [1.54, 1.807) is 6.20 Å². The third-order valence-electron chi connectivity index (χ3n) is 6.94. The van der Waals surface area contributed by atoms with E-state index >= 15 is 0 Å². The van der Waals surface area contributed by atoms with Gasteiger partial charge in [-0.25, -0.2) is 9.97 Å². The first-order valence-corrected chi connectivity index (χ1v) is 11.5. The smallest absolute Gasteiger partial charge is 0.150 e. The Balaban J connectivity index is 1.50. The average Bonchev–Trinajstić information content (AvgIpc) is 3.47. The fourth-order valence-electron chi connectivity index (χ4n) is 5.22. The number of aromatic nitrogens is 4. The number of carbonyl (C=O) groups excluding carboxylic acids is 1. The van der Waals surface area contributed by atoms with Crippen molar-refractivity contribution in [2.45, 2.75) is 31.6 Å². The molecule has 6 rings (SSSR count). The van der Waals surface area contributed by atoms with Crippen LogP contribution in [-0.2, 0) is 4.79 Å². The molecule has 2 aromatic carbocycles. The van der Waals surface area contributed by atoms with Crippen LogP contribution in [0.3, 0.4) is 0 Å². The lowest BCUT2D eigenvalue weighted by atomic mass is 9.82. The first-order chi connectivity index (χ1) is 16.2. The summed E-state index contributed by atoms with van der Waals surface area (Å²) in [6, 6.07) is 18.9. The molecule has 0 aliphatic heterocycles. The number of aromatic amines is 1. The quantitative estimate of drug-likeness (QED) is 0.360. The minimum Gasteiger partial charge on any atom is -0.382 e. The van der Waals surface area contributed by atoms with Crippen molar-refractivity contribution >= 4 is 28.5 Å². The molecule has 3 heterocycles. The number of rotatable bonds is 4. The monoisotopic (exact) mass is 435 g/mol. The minimum absolute atomic E-state index is 0.170. The summed E-state index contributed by atoms with van der Waals surface area (Å²) < 4.78 is 2.09. The molecule has 0 unspecified atom stereocenters. The van der Waals surface area contributed by atoms with Crippen LogP contribution in [0.5, 0.6) is 0 Å². The van der Waals surface area contributed by atoms with Crippen LogP contribution in [0.2, 0.25) is 0 Å². The van der Waals surface area contributed by atoms with Crippen LogP contribution >= 0.6 is 0 Å². The Hall–Kier alpha value is -3.93. The molecule has 0 amide bonds. The predicted molar refractivity (Wildman–Crippen MR) is 131 cm³/mol. The van der Waals surface area contributed by atoms with E-state index in [0.717, 1.165) is 71.2 Å². The summed E-state index contributed by atoms with van der Waals surface area (Å²) in [5, 5.41) is 1.13. The lowest BCUT2D eigenvalue weighted by Crippen LogP contribution is -2.16. The molecule has 1 aliphatic rings. The number of hydrogen-bond donors (Lipinski definition) is 2. The molecule has 0 saturated heterocycles. The van der Waals surface area contributed by atoms with Gasteiger partial charge in [-0.2, -0.15) is 0 Å². The molecule has 0 radical (unpaired) electrons. The van der Waals surface area contributed by atoms with Crippen molar-refractivity contribution in [3.05, 3.63) is 72.8 Å². The SMILES string of the molecule is Nc1nccn2c1c(-c1cc3cccc(-c4ccccc4)c3[nH]1)nc2[C@H]1CC[C@H](C=O)CC1. The lowest BCUT2D eigenvalue weighted by molar-refractivity contribution is -0.111. The van der Waals surface area contributed by atoms with Crippen molar-refractivity contribution in [2.75, 3.05) is 5.73 Å². The summed E-state index contributed by atoms with van der Waals surface area (Å²) in [4.78, 5) is 24.3. The zero-order chi connectivity index (χ0) is 22.4. The lowest BCUT2D eigenvalue weighted by Gasteiger charge is -2.24. The van der Waals surface area contributed by atoms with Gasteiger partial charge in [-0.15, -0.1) is 0 Å². The molecular weight excluding hydrogens is 410 g/mol. The Morgan fingerprint density at radius 1 is 1.03 bits per heavy atom. The number of nitrogens with two attached hydrogens (primary N) is 1. The van der Waals surface area contributed by atoms with Crippen molar-refractivity contribution in [2.24, 2.45) is 5.92 Å². The number of carbonyl (C=O) groups is 1. The summed E-state index contributed by atoms with van der Waals surface area (Å²) in [5.74, 6) is 1.94. The second-order valence-corrected chi connectivity index (χ2v) is 8.92. The molecule has 0 atom stereocenters. The second kappa shape index (κ2) is 7.89. The van der Waals surface area contributed by atoms with Crippen LogP contribution in [0, 0.1) is 5.92 Å². The molecule has 3 N–H and O–H groups in total. The van der Waals surface area contributed by atoms with E-state index in [1.165, 1.54) is 5.56 Å². The number of nitrogen functional groups attached to an aromatic ring is 1. The summed E-state index contributed by atoms with van der Waals surface area (Å²) in [6.45, 7) is 0. The van der Waals surface area contributed by atoms with Crippen LogP contribution in [0.4, 0.5) is 5.82 Å². The van der Waals surface area contributed by atoms with E-state index < -0.39 is 0 Å². The van der Waals surface area contributed by atoms with E-state index in [9.17, 15) is 4.79 Å². The van der Waals surface area contributed by atoms with E-state index in [4.69, 9.17) is 10.7 Å². The largest absolute Gasteiger partial charge is 0.382 e. The first-order valence-electron chi connectivity index (χ1n) is 11.5. The molecule has 5 aromatic rings. The Morgan fingerprint density at radius 3 is 2.64 bits per heavy atom. The number of aldehydes is 1. The number of hydrogen-bond acceptors (Lipinski definition) is 4. The van der Waals surface area contributed by atoms with E-state index in [2.05, 4.69) is 62.9 Å². The molecule has 0 spiro atoms. The Kier molecular flexibility index (Phi) is 4.72. The summed E-state index contributed by atoms with van der Waals surface area (Å²) in [7, 11) is 0. The van der Waals surface area contributed by atoms with Crippen molar-refractivity contribution in [1.82, 2.24) is 19.4 Å². The molecule has 1 fully saturated rings. The summed E-state index contributed by atoms with van der Waals surface area (Å²) in [5.41, 5.74) is 12.3. The van der Waals surface area contributed by atoms with Crippen LogP contribution < -0.4 is 5.73 Å². The van der Waals surface area contributed by atoms with Crippen LogP contribution in [0.1, 0.15) is 37.4 Å². The molecule has 33 heavy (non-hydrogen) atoms. The van der Waals surface area contributed by atoms with Crippen molar-refractivity contribution < 1.29 is 4.79 Å². The number of nitrogens with zero attached hydrogens (tertiary/aromatic N) is 3. The van der Waals surface area contributed by atoms with Crippen molar-refractivity contribution in [3.63, 3.8) is 0 Å². The zero-order valence-corrected chi connectivity index (χ0v) is 18.2. The molecule has 164 valence electrons. The highest BCUT2D eigenvalue weighted by Gasteiger charge is 2.27. The Morgan fingerprint density at radius 2 is 1.85 bits per heavy atom. The number of anilines is 1. The summed E-state index contributed by atoms with van der Waals surface area (Å²) >= 11 is 0. The second-order valence-electron chi connectivity index (χ2n) is 8.92. The minimum atomic E-state index is 0.170. The molecule has 1 aliphatic carbocycles. The molecule has 3 aromatic heterocycles. The van der Waals surface area contributed by atoms with Crippen molar-refractivity contribution in [3.8, 4) is 22.5 Å². The average molecular weight is 436 g/mol. The van der Waals surface area contributed by atoms with Crippen molar-refractivity contribution in [1.29, 1.82) is 0 Å². The molecule has 6 nitrogen and oxygen atoms in total. The zero-order valence-electron chi connectivity index (χ0n) is 18.2. The Bertz CT molecular complexity index is 1460. The van der Waals surface area contributed by atoms with Gasteiger partial charge in [-0.3, -0.25) is 4.40 Å². The highest BCUT2D eigenvalue weighted by atomic mass is 16.1. The van der Waals surface area contributed by atoms with Gasteiger partial charge in [-0.05, 0) is 37.3 Å². The molecule has 6 heteroatoms. The highest BCUT2D eigenvalue weighted by Crippen LogP contribution is 2.39. The van der Waals surface area contributed by atoms with Gasteiger partial charge in [-0.1, -0.05) is 48.5 Å². The Labute approximate surface area is 191 Å². The van der Waals surface area contributed by atoms with Gasteiger partial charge in [0.15, 0.2) is 0 Å². The maximum atomic E-state index is 11.2. The fraction of sp³-hybridized carbons (Fsp3) is 0.222. The van der Waals surface area contributed by atoms with Crippen LogP contribution in [-0.4, -0.2) is 25.6 Å². The third kappa shape index (κ3) is 3.30. The highest BCUT2D eigenvalue weighted by molar-refractivity contribution is 5.98. The van der Waals surface area contributed by atoms with Gasteiger partial charge in [0.2, 0.25) is 0 Å². The first kappa shape index (κ1) is 19.7. The van der Waals surface area contributed by atoms with E-state index in [1.807, 2.05) is 12.3 Å². The van der Waals surface area contributed by atoms with Crippen LogP contribution in [0.15, 0.2) is 67.0 Å². The van der Waals surface area contributed by atoms with Gasteiger partial charge in [0.1, 0.15) is 29.1 Å². The van der Waals surface area contributed by atoms with Gasteiger partial charge >= 0.3 is 0 Å². The number of nitrogens with one attached hydrogen (secondary N) is 1. The van der Waals surface area contributed by atoms with E-state index in [0.29, 0.717) is 11.7 Å². The fourth-order valence-corrected chi connectivity index (χ4v) is 5.22. The van der Waals surface area contributed by atoms with E-state index in [-0.39, 0.29) is 5.92 Å². The topological polar surface area (TPSA) is 89.1 Å². The maximum absolute atomic E-state index is 11.2. The number of fused-ring (bicyclic) bond motifs is 2. The summed E-state index contributed by atoms with van der Waals surface area (Å²) in [6.07, 6.45) is 8.50. The van der Waals surface area contributed by atoms with Gasteiger partial charge in [0, 0.05) is 35.2 Å². The van der Waals surface area contributed by atoms with Gasteiger partial charge in [0.25, 0.3) is 0 Å². The molecular formula is C27H25N5O. The molecule has 1 saturated carbocycles. The molecule has 0 bridgehead atoms. The normalized spacial score (nSPS) is 18.7. The predicted octanol–water partition coefficient (Wildman–Crippen LogP) is 5.60. The maximum Gasteiger partial charge on any atom is 0.150 e. The van der Waals surface area contributed by atoms with Gasteiger partial charge < -0.3 is 15.5 Å². The standard InChI is InChI=1S/C27H25N5O/c28-26-25-24(31-27(32(25)14-13-29-26)19-11-9-17(16-33)10-12-19)22-15-20-7-4-8-21(23(20)30-22)18-5-2-1-3-6-18/h1-8,13-17,19,30H,9-12H2,(H2,28,29)/t17-,19-. The number of para-hydroxylation sites is 1.